The molecule has 1 unspecified atom stereocenters. The SMILES string of the molecule is CC(C)C[C@H](NC(=O)OC(C)(C)C)C1NCCc2c1[nH]c1cc(Br)ccc21. The Bertz CT molecular complexity index is 823. The molecule has 2 aromatic rings. The summed E-state index contributed by atoms with van der Waals surface area (Å²) in [6, 6.07) is 6.35. The lowest BCUT2D eigenvalue weighted by molar-refractivity contribution is 0.0483. The molecule has 0 radical (unpaired) electrons. The molecule has 148 valence electrons. The third-order valence-electron chi connectivity index (χ3n) is 4.78. The molecule has 3 rings (SSSR count). The lowest BCUT2D eigenvalue weighted by atomic mass is 9.90. The second-order valence-electron chi connectivity index (χ2n) is 8.77. The van der Waals surface area contributed by atoms with Gasteiger partial charge in [0.2, 0.25) is 0 Å². The molecule has 2 heterocycles. The van der Waals surface area contributed by atoms with Crippen LogP contribution in [0.25, 0.3) is 10.9 Å². The van der Waals surface area contributed by atoms with Crippen LogP contribution in [0.4, 0.5) is 4.79 Å². The zero-order valence-electron chi connectivity index (χ0n) is 16.8. The molecule has 0 saturated heterocycles. The van der Waals surface area contributed by atoms with Gasteiger partial charge in [-0.2, -0.15) is 0 Å². The quantitative estimate of drug-likeness (QED) is 0.628. The number of aromatic amines is 1. The highest BCUT2D eigenvalue weighted by molar-refractivity contribution is 9.10. The molecule has 1 aromatic heterocycles. The van der Waals surface area contributed by atoms with E-state index in [-0.39, 0.29) is 18.2 Å². The molecular formula is C21H30BrN3O2. The number of alkyl carbamates (subject to hydrolysis) is 1. The van der Waals surface area contributed by atoms with Crippen molar-refractivity contribution in [3.63, 3.8) is 0 Å². The number of carbonyl (C=O) groups excluding carboxylic acids is 1. The van der Waals surface area contributed by atoms with Gasteiger partial charge in [0.1, 0.15) is 5.60 Å². The monoisotopic (exact) mass is 435 g/mol. The zero-order valence-corrected chi connectivity index (χ0v) is 18.4. The van der Waals surface area contributed by atoms with Gasteiger partial charge < -0.3 is 20.4 Å². The Hall–Kier alpha value is -1.53. The number of amides is 1. The van der Waals surface area contributed by atoms with Gasteiger partial charge in [-0.15, -0.1) is 0 Å². The van der Waals surface area contributed by atoms with E-state index < -0.39 is 5.60 Å². The van der Waals surface area contributed by atoms with E-state index >= 15 is 0 Å². The van der Waals surface area contributed by atoms with Crippen LogP contribution in [0.3, 0.4) is 0 Å². The summed E-state index contributed by atoms with van der Waals surface area (Å²) in [6.45, 7) is 10.9. The lowest BCUT2D eigenvalue weighted by Gasteiger charge is -2.33. The molecule has 0 bridgehead atoms. The van der Waals surface area contributed by atoms with Crippen molar-refractivity contribution in [2.24, 2.45) is 5.92 Å². The largest absolute Gasteiger partial charge is 0.444 e. The highest BCUT2D eigenvalue weighted by Gasteiger charge is 2.32. The fourth-order valence-corrected chi connectivity index (χ4v) is 4.19. The summed E-state index contributed by atoms with van der Waals surface area (Å²) >= 11 is 3.55. The fraction of sp³-hybridized carbons (Fsp3) is 0.571. The Morgan fingerprint density at radius 2 is 2.11 bits per heavy atom. The first-order chi connectivity index (χ1) is 12.6. The number of halogens is 1. The van der Waals surface area contributed by atoms with Crippen molar-refractivity contribution in [1.82, 2.24) is 15.6 Å². The lowest BCUT2D eigenvalue weighted by Crippen LogP contribution is -2.48. The highest BCUT2D eigenvalue weighted by atomic mass is 79.9. The third kappa shape index (κ3) is 4.85. The number of aromatic nitrogens is 1. The summed E-state index contributed by atoms with van der Waals surface area (Å²) in [5.41, 5.74) is 3.14. The van der Waals surface area contributed by atoms with Gasteiger partial charge in [0, 0.05) is 21.1 Å². The molecule has 0 aliphatic carbocycles. The average Bonchev–Trinajstić information content (AvgIpc) is 2.89. The number of fused-ring (bicyclic) bond motifs is 3. The Morgan fingerprint density at radius 1 is 1.37 bits per heavy atom. The van der Waals surface area contributed by atoms with Crippen molar-refractivity contribution in [2.75, 3.05) is 6.54 Å². The molecule has 2 atom stereocenters. The van der Waals surface area contributed by atoms with E-state index in [0.717, 1.165) is 29.4 Å². The zero-order chi connectivity index (χ0) is 19.8. The minimum absolute atomic E-state index is 0.0369. The van der Waals surface area contributed by atoms with Crippen LogP contribution in [0.2, 0.25) is 0 Å². The fourth-order valence-electron chi connectivity index (χ4n) is 3.83. The first-order valence-corrected chi connectivity index (χ1v) is 10.5. The minimum Gasteiger partial charge on any atom is -0.444 e. The Balaban J connectivity index is 1.92. The van der Waals surface area contributed by atoms with Crippen molar-refractivity contribution in [2.45, 2.75) is 65.1 Å². The number of benzene rings is 1. The van der Waals surface area contributed by atoms with Crippen LogP contribution in [0.1, 0.15) is 58.3 Å². The first-order valence-electron chi connectivity index (χ1n) is 9.67. The van der Waals surface area contributed by atoms with Crippen LogP contribution in [0.15, 0.2) is 22.7 Å². The van der Waals surface area contributed by atoms with E-state index in [0.29, 0.717) is 5.92 Å². The number of carbonyl (C=O) groups is 1. The normalized spacial score (nSPS) is 18.4. The third-order valence-corrected chi connectivity index (χ3v) is 5.27. The Labute approximate surface area is 169 Å². The summed E-state index contributed by atoms with van der Waals surface area (Å²) < 4.78 is 6.57. The molecule has 1 aromatic carbocycles. The average molecular weight is 436 g/mol. The van der Waals surface area contributed by atoms with Crippen molar-refractivity contribution in [3.05, 3.63) is 33.9 Å². The molecule has 0 saturated carbocycles. The molecule has 1 aliphatic rings. The predicted molar refractivity (Wildman–Crippen MR) is 113 cm³/mol. The van der Waals surface area contributed by atoms with Crippen molar-refractivity contribution >= 4 is 32.9 Å². The van der Waals surface area contributed by atoms with E-state index in [1.807, 2.05) is 20.8 Å². The van der Waals surface area contributed by atoms with Gasteiger partial charge in [-0.25, -0.2) is 4.79 Å². The maximum atomic E-state index is 12.4. The summed E-state index contributed by atoms with van der Waals surface area (Å²) in [4.78, 5) is 16.0. The molecule has 27 heavy (non-hydrogen) atoms. The molecule has 0 fully saturated rings. The number of hydrogen-bond acceptors (Lipinski definition) is 3. The molecular weight excluding hydrogens is 406 g/mol. The van der Waals surface area contributed by atoms with E-state index in [2.05, 4.69) is 63.6 Å². The Morgan fingerprint density at radius 3 is 2.78 bits per heavy atom. The van der Waals surface area contributed by atoms with E-state index in [1.165, 1.54) is 16.6 Å². The maximum absolute atomic E-state index is 12.4. The minimum atomic E-state index is -0.509. The van der Waals surface area contributed by atoms with Gasteiger partial charge in [-0.3, -0.25) is 0 Å². The Kier molecular flexibility index (Phi) is 5.87. The van der Waals surface area contributed by atoms with E-state index in [1.54, 1.807) is 0 Å². The topological polar surface area (TPSA) is 66.2 Å². The van der Waals surface area contributed by atoms with Crippen molar-refractivity contribution in [1.29, 1.82) is 0 Å². The van der Waals surface area contributed by atoms with Gasteiger partial charge in [0.15, 0.2) is 0 Å². The van der Waals surface area contributed by atoms with Crippen molar-refractivity contribution < 1.29 is 9.53 Å². The highest BCUT2D eigenvalue weighted by Crippen LogP contribution is 2.34. The maximum Gasteiger partial charge on any atom is 0.407 e. The standard InChI is InChI=1S/C21H30BrN3O2/c1-12(2)10-17(25-20(26)27-21(3,4)5)19-18-15(8-9-23-19)14-7-6-13(22)11-16(14)24-18/h6-7,11-12,17,19,23-24H,8-10H2,1-5H3,(H,25,26)/t17-,19?/m0/s1. The van der Waals surface area contributed by atoms with Crippen LogP contribution in [-0.2, 0) is 11.2 Å². The second-order valence-corrected chi connectivity index (χ2v) is 9.69. The number of H-pyrrole nitrogens is 1. The van der Waals surface area contributed by atoms with Crippen LogP contribution >= 0.6 is 15.9 Å². The molecule has 5 nitrogen and oxygen atoms in total. The summed E-state index contributed by atoms with van der Waals surface area (Å²) in [5, 5.41) is 7.99. The summed E-state index contributed by atoms with van der Waals surface area (Å²) in [5.74, 6) is 0.454. The number of rotatable bonds is 4. The number of nitrogens with one attached hydrogen (secondary N) is 3. The molecule has 3 N–H and O–H groups in total. The molecule has 1 amide bonds. The van der Waals surface area contributed by atoms with Gasteiger partial charge in [0.05, 0.1) is 12.1 Å². The van der Waals surface area contributed by atoms with Gasteiger partial charge in [-0.05, 0) is 63.8 Å². The molecule has 6 heteroatoms. The molecule has 1 aliphatic heterocycles. The van der Waals surface area contributed by atoms with Gasteiger partial charge in [-0.1, -0.05) is 35.8 Å². The van der Waals surface area contributed by atoms with Crippen LogP contribution < -0.4 is 10.6 Å². The van der Waals surface area contributed by atoms with Gasteiger partial charge >= 0.3 is 6.09 Å². The van der Waals surface area contributed by atoms with Gasteiger partial charge in [0.25, 0.3) is 0 Å². The van der Waals surface area contributed by atoms with E-state index in [4.69, 9.17) is 4.74 Å². The first kappa shape index (κ1) is 20.2. The molecule has 0 spiro atoms. The predicted octanol–water partition coefficient (Wildman–Crippen LogP) is 5.06. The van der Waals surface area contributed by atoms with Crippen molar-refractivity contribution in [3.8, 4) is 0 Å². The summed E-state index contributed by atoms with van der Waals surface area (Å²) in [6.07, 6.45) is 1.49. The van der Waals surface area contributed by atoms with Crippen LogP contribution in [0, 0.1) is 5.92 Å². The van der Waals surface area contributed by atoms with Crippen LogP contribution in [-0.4, -0.2) is 29.3 Å². The smallest absolute Gasteiger partial charge is 0.407 e. The second kappa shape index (κ2) is 7.84. The number of hydrogen-bond donors (Lipinski definition) is 3. The van der Waals surface area contributed by atoms with Crippen LogP contribution in [0.5, 0.6) is 0 Å². The summed E-state index contributed by atoms with van der Waals surface area (Å²) in [7, 11) is 0. The number of ether oxygens (including phenoxy) is 1. The van der Waals surface area contributed by atoms with E-state index in [9.17, 15) is 4.79 Å².